The Kier molecular flexibility index (Phi) is 6.77. The fraction of sp³-hybridized carbons (Fsp3) is 0.625. The quantitative estimate of drug-likeness (QED) is 0.820. The first-order valence-electron chi connectivity index (χ1n) is 8.42. The van der Waals surface area contributed by atoms with Gasteiger partial charge in [-0.2, -0.15) is 0 Å². The molecule has 0 spiro atoms. The molecule has 0 radical (unpaired) electrons. The highest BCUT2D eigenvalue weighted by atomic mass is 16.6. The van der Waals surface area contributed by atoms with Gasteiger partial charge in [-0.25, -0.2) is 14.8 Å². The summed E-state index contributed by atoms with van der Waals surface area (Å²) in [6, 6.07) is 0.204. The fourth-order valence-electron chi connectivity index (χ4n) is 2.46. The lowest BCUT2D eigenvalue weighted by Crippen LogP contribution is -2.42. The van der Waals surface area contributed by atoms with Gasteiger partial charge in [-0.05, 0) is 26.2 Å². The summed E-state index contributed by atoms with van der Waals surface area (Å²) in [6.45, 7) is 6.12. The number of nitrogens with one attached hydrogen (secondary N) is 2. The lowest BCUT2D eigenvalue weighted by molar-refractivity contribution is 0.0951. The second kappa shape index (κ2) is 9.05. The molecule has 0 bridgehead atoms. The lowest BCUT2D eigenvalue weighted by Gasteiger charge is -2.31. The topological polar surface area (TPSA) is 96.5 Å². The van der Waals surface area contributed by atoms with Crippen molar-refractivity contribution in [3.63, 3.8) is 0 Å². The highest BCUT2D eigenvalue weighted by Crippen LogP contribution is 2.15. The molecule has 1 saturated heterocycles. The number of anilines is 1. The molecule has 0 aliphatic carbocycles. The van der Waals surface area contributed by atoms with E-state index >= 15 is 0 Å². The van der Waals surface area contributed by atoms with Crippen LogP contribution in [0.3, 0.4) is 0 Å². The number of ether oxygens (including phenoxy) is 1. The Morgan fingerprint density at radius 2 is 1.92 bits per heavy atom. The highest BCUT2D eigenvalue weighted by molar-refractivity contribution is 5.93. The molecule has 0 aromatic carbocycles. The number of aromatic nitrogens is 2. The maximum absolute atomic E-state index is 11.8. The van der Waals surface area contributed by atoms with Crippen molar-refractivity contribution in [1.29, 1.82) is 0 Å². The van der Waals surface area contributed by atoms with Gasteiger partial charge in [0, 0.05) is 38.1 Å². The third kappa shape index (κ3) is 5.07. The second-order valence-electron chi connectivity index (χ2n) is 5.66. The Labute approximate surface area is 142 Å². The van der Waals surface area contributed by atoms with E-state index in [1.165, 1.54) is 12.4 Å². The van der Waals surface area contributed by atoms with Crippen LogP contribution in [-0.2, 0) is 4.74 Å². The van der Waals surface area contributed by atoms with Gasteiger partial charge in [0.05, 0.1) is 12.2 Å². The zero-order valence-electron chi connectivity index (χ0n) is 14.2. The van der Waals surface area contributed by atoms with Crippen molar-refractivity contribution >= 4 is 17.9 Å². The SMILES string of the molecule is CCCNC(=O)c1cnc(NC2CCN(C(=O)OCC)CC2)nc1. The highest BCUT2D eigenvalue weighted by Gasteiger charge is 2.23. The lowest BCUT2D eigenvalue weighted by atomic mass is 10.1. The average Bonchev–Trinajstić information content (AvgIpc) is 2.61. The van der Waals surface area contributed by atoms with Crippen molar-refractivity contribution in [3.8, 4) is 0 Å². The molecule has 0 saturated carbocycles. The Hall–Kier alpha value is -2.38. The molecule has 0 unspecified atom stereocenters. The zero-order chi connectivity index (χ0) is 17.4. The molecular formula is C16H25N5O3. The number of nitrogens with zero attached hydrogens (tertiary/aromatic N) is 3. The molecule has 2 amide bonds. The van der Waals surface area contributed by atoms with Crippen LogP contribution >= 0.6 is 0 Å². The Morgan fingerprint density at radius 1 is 1.25 bits per heavy atom. The van der Waals surface area contributed by atoms with Crippen LogP contribution in [0.25, 0.3) is 0 Å². The molecule has 1 aromatic rings. The monoisotopic (exact) mass is 335 g/mol. The van der Waals surface area contributed by atoms with Gasteiger partial charge in [-0.1, -0.05) is 6.92 Å². The van der Waals surface area contributed by atoms with Crippen LogP contribution in [0.2, 0.25) is 0 Å². The summed E-state index contributed by atoms with van der Waals surface area (Å²) < 4.78 is 5.00. The van der Waals surface area contributed by atoms with E-state index in [-0.39, 0.29) is 18.0 Å². The van der Waals surface area contributed by atoms with E-state index in [9.17, 15) is 9.59 Å². The summed E-state index contributed by atoms with van der Waals surface area (Å²) in [4.78, 5) is 33.6. The van der Waals surface area contributed by atoms with Gasteiger partial charge in [0.15, 0.2) is 0 Å². The number of hydrogen-bond donors (Lipinski definition) is 2. The minimum Gasteiger partial charge on any atom is -0.450 e. The summed E-state index contributed by atoms with van der Waals surface area (Å²) in [5.41, 5.74) is 0.450. The van der Waals surface area contributed by atoms with E-state index in [0.29, 0.717) is 37.8 Å². The number of hydrogen-bond acceptors (Lipinski definition) is 6. The molecule has 8 nitrogen and oxygen atoms in total. The molecule has 1 fully saturated rings. The molecular weight excluding hydrogens is 310 g/mol. The van der Waals surface area contributed by atoms with Crippen LogP contribution in [0.5, 0.6) is 0 Å². The van der Waals surface area contributed by atoms with Crippen LogP contribution in [0.1, 0.15) is 43.5 Å². The van der Waals surface area contributed by atoms with Crippen LogP contribution in [0.4, 0.5) is 10.7 Å². The van der Waals surface area contributed by atoms with Crippen molar-refractivity contribution in [1.82, 2.24) is 20.2 Å². The normalized spacial score (nSPS) is 15.0. The predicted octanol–water partition coefficient (Wildman–Crippen LogP) is 1.65. The Balaban J connectivity index is 1.80. The van der Waals surface area contributed by atoms with E-state index < -0.39 is 0 Å². The summed E-state index contributed by atoms with van der Waals surface area (Å²) in [7, 11) is 0. The second-order valence-corrected chi connectivity index (χ2v) is 5.66. The van der Waals surface area contributed by atoms with E-state index in [2.05, 4.69) is 20.6 Å². The Morgan fingerprint density at radius 3 is 2.50 bits per heavy atom. The van der Waals surface area contributed by atoms with Gasteiger partial charge in [-0.15, -0.1) is 0 Å². The van der Waals surface area contributed by atoms with Crippen LogP contribution in [-0.4, -0.2) is 59.2 Å². The van der Waals surface area contributed by atoms with Crippen LogP contribution in [0.15, 0.2) is 12.4 Å². The maximum Gasteiger partial charge on any atom is 0.409 e. The first-order chi connectivity index (χ1) is 11.6. The van der Waals surface area contributed by atoms with Gasteiger partial charge < -0.3 is 20.3 Å². The van der Waals surface area contributed by atoms with Gasteiger partial charge in [0.1, 0.15) is 0 Å². The first kappa shape index (κ1) is 18.0. The molecule has 24 heavy (non-hydrogen) atoms. The van der Waals surface area contributed by atoms with Crippen molar-refractivity contribution in [2.24, 2.45) is 0 Å². The van der Waals surface area contributed by atoms with Crippen molar-refractivity contribution in [2.75, 3.05) is 31.6 Å². The minimum atomic E-state index is -0.255. The van der Waals surface area contributed by atoms with Crippen molar-refractivity contribution in [3.05, 3.63) is 18.0 Å². The van der Waals surface area contributed by atoms with Gasteiger partial charge in [-0.3, -0.25) is 4.79 Å². The van der Waals surface area contributed by atoms with E-state index in [1.54, 1.807) is 11.8 Å². The van der Waals surface area contributed by atoms with E-state index in [0.717, 1.165) is 19.3 Å². The number of rotatable bonds is 6. The summed E-state index contributed by atoms with van der Waals surface area (Å²) >= 11 is 0. The Bertz CT molecular complexity index is 541. The summed E-state index contributed by atoms with van der Waals surface area (Å²) in [5, 5.41) is 6.04. The molecule has 132 valence electrons. The molecule has 2 heterocycles. The fourth-order valence-corrected chi connectivity index (χ4v) is 2.46. The average molecular weight is 335 g/mol. The van der Waals surface area contributed by atoms with Gasteiger partial charge in [0.2, 0.25) is 5.95 Å². The van der Waals surface area contributed by atoms with Gasteiger partial charge in [0.25, 0.3) is 5.91 Å². The van der Waals surface area contributed by atoms with Crippen LogP contribution in [0, 0.1) is 0 Å². The number of amides is 2. The predicted molar refractivity (Wildman–Crippen MR) is 89.9 cm³/mol. The maximum atomic E-state index is 11.8. The largest absolute Gasteiger partial charge is 0.450 e. The minimum absolute atomic E-state index is 0.161. The number of carbonyl (C=O) groups is 2. The molecule has 1 aromatic heterocycles. The van der Waals surface area contributed by atoms with Crippen LogP contribution < -0.4 is 10.6 Å². The molecule has 0 atom stereocenters. The standard InChI is InChI=1S/C16H25N5O3/c1-3-7-17-14(22)12-10-18-15(19-11-12)20-13-5-8-21(9-6-13)16(23)24-4-2/h10-11,13H,3-9H2,1-2H3,(H,17,22)(H,18,19,20). The number of carbonyl (C=O) groups excluding carboxylic acids is 2. The summed E-state index contributed by atoms with van der Waals surface area (Å²) in [6.07, 6.45) is 5.29. The van der Waals surface area contributed by atoms with E-state index in [1.807, 2.05) is 6.92 Å². The number of likely N-dealkylation sites (tertiary alicyclic amines) is 1. The third-order valence-electron chi connectivity index (χ3n) is 3.80. The third-order valence-corrected chi connectivity index (χ3v) is 3.80. The summed E-state index contributed by atoms with van der Waals surface area (Å²) in [5.74, 6) is 0.336. The molecule has 8 heteroatoms. The molecule has 1 aliphatic heterocycles. The molecule has 1 aliphatic rings. The van der Waals surface area contributed by atoms with Crippen molar-refractivity contribution in [2.45, 2.75) is 39.2 Å². The first-order valence-corrected chi connectivity index (χ1v) is 8.42. The van der Waals surface area contributed by atoms with Crippen molar-refractivity contribution < 1.29 is 14.3 Å². The number of piperidine rings is 1. The zero-order valence-corrected chi connectivity index (χ0v) is 14.2. The molecule has 2 N–H and O–H groups in total. The molecule has 2 rings (SSSR count). The van der Waals surface area contributed by atoms with E-state index in [4.69, 9.17) is 4.74 Å². The van der Waals surface area contributed by atoms with Gasteiger partial charge >= 0.3 is 6.09 Å². The smallest absolute Gasteiger partial charge is 0.409 e.